The SMILES string of the molecule is Cc1cccc(COc2ccc3c(C)cc(=S)oc3c2)c1. The van der Waals surface area contributed by atoms with Gasteiger partial charge >= 0.3 is 0 Å². The van der Waals surface area contributed by atoms with Crippen LogP contribution in [0.1, 0.15) is 16.7 Å². The maximum atomic E-state index is 5.84. The second kappa shape index (κ2) is 5.70. The minimum absolute atomic E-state index is 0.496. The van der Waals surface area contributed by atoms with Crippen molar-refractivity contribution in [3.05, 3.63) is 69.9 Å². The molecule has 0 fully saturated rings. The Balaban J connectivity index is 1.86. The van der Waals surface area contributed by atoms with E-state index in [-0.39, 0.29) is 0 Å². The summed E-state index contributed by atoms with van der Waals surface area (Å²) < 4.78 is 11.9. The van der Waals surface area contributed by atoms with Gasteiger partial charge in [0.25, 0.3) is 0 Å². The third-order valence-electron chi connectivity index (χ3n) is 3.41. The van der Waals surface area contributed by atoms with Crippen molar-refractivity contribution in [3.63, 3.8) is 0 Å². The Morgan fingerprint density at radius 3 is 2.71 bits per heavy atom. The molecule has 0 spiro atoms. The zero-order valence-electron chi connectivity index (χ0n) is 12.1. The lowest BCUT2D eigenvalue weighted by Crippen LogP contribution is -1.95. The molecule has 0 N–H and O–H groups in total. The Bertz CT molecular complexity index is 849. The number of benzene rings is 2. The van der Waals surface area contributed by atoms with Crippen LogP contribution in [0.4, 0.5) is 0 Å². The Morgan fingerprint density at radius 1 is 1.05 bits per heavy atom. The average Bonchev–Trinajstić information content (AvgIpc) is 2.44. The fourth-order valence-electron chi connectivity index (χ4n) is 2.36. The third kappa shape index (κ3) is 3.14. The molecule has 106 valence electrons. The van der Waals surface area contributed by atoms with E-state index in [1.54, 1.807) is 0 Å². The third-order valence-corrected chi connectivity index (χ3v) is 3.61. The molecular weight excluding hydrogens is 280 g/mol. The van der Waals surface area contributed by atoms with Gasteiger partial charge in [0.05, 0.1) is 0 Å². The van der Waals surface area contributed by atoms with Gasteiger partial charge in [-0.25, -0.2) is 0 Å². The lowest BCUT2D eigenvalue weighted by atomic mass is 10.1. The summed E-state index contributed by atoms with van der Waals surface area (Å²) in [4.78, 5) is 0. The Hall–Kier alpha value is -2.13. The van der Waals surface area contributed by atoms with E-state index in [0.717, 1.165) is 27.8 Å². The van der Waals surface area contributed by atoms with Gasteiger partial charge in [-0.05, 0) is 55.4 Å². The first kappa shape index (κ1) is 13.8. The van der Waals surface area contributed by atoms with Crippen LogP contribution in [0.15, 0.2) is 52.9 Å². The summed E-state index contributed by atoms with van der Waals surface area (Å²) >= 11 is 5.12. The molecule has 0 aliphatic carbocycles. The fourth-order valence-corrected chi connectivity index (χ4v) is 2.63. The van der Waals surface area contributed by atoms with E-state index >= 15 is 0 Å². The van der Waals surface area contributed by atoms with E-state index in [2.05, 4.69) is 25.1 Å². The molecule has 3 aromatic rings. The summed E-state index contributed by atoms with van der Waals surface area (Å²) in [6.45, 7) is 4.65. The lowest BCUT2D eigenvalue weighted by Gasteiger charge is -2.08. The number of hydrogen-bond donors (Lipinski definition) is 0. The summed E-state index contributed by atoms with van der Waals surface area (Å²) in [7, 11) is 0. The van der Waals surface area contributed by atoms with Gasteiger partial charge in [0.15, 0.2) is 4.71 Å². The molecule has 0 unspecified atom stereocenters. The minimum atomic E-state index is 0.496. The van der Waals surface area contributed by atoms with Crippen LogP contribution in [0.2, 0.25) is 0 Å². The molecule has 3 heteroatoms. The second-order valence-corrected chi connectivity index (χ2v) is 5.59. The second-order valence-electron chi connectivity index (χ2n) is 5.18. The molecule has 1 aromatic heterocycles. The zero-order chi connectivity index (χ0) is 14.8. The molecule has 2 aromatic carbocycles. The molecule has 0 amide bonds. The first-order valence-electron chi connectivity index (χ1n) is 6.85. The van der Waals surface area contributed by atoms with Crippen molar-refractivity contribution >= 4 is 23.2 Å². The van der Waals surface area contributed by atoms with E-state index in [0.29, 0.717) is 11.3 Å². The quantitative estimate of drug-likeness (QED) is 0.608. The number of rotatable bonds is 3. The lowest BCUT2D eigenvalue weighted by molar-refractivity contribution is 0.306. The summed E-state index contributed by atoms with van der Waals surface area (Å²) in [5.74, 6) is 0.785. The summed E-state index contributed by atoms with van der Waals surface area (Å²) in [6.07, 6.45) is 0. The van der Waals surface area contributed by atoms with Crippen LogP contribution >= 0.6 is 12.2 Å². The van der Waals surface area contributed by atoms with Gasteiger partial charge < -0.3 is 9.15 Å². The predicted octanol–water partition coefficient (Wildman–Crippen LogP) is 5.36. The Kier molecular flexibility index (Phi) is 3.76. The molecule has 0 atom stereocenters. The van der Waals surface area contributed by atoms with Crippen molar-refractivity contribution in [2.45, 2.75) is 20.5 Å². The maximum absolute atomic E-state index is 5.84. The molecular formula is C18H16O2S. The van der Waals surface area contributed by atoms with Crippen LogP contribution in [0, 0.1) is 18.6 Å². The molecule has 2 nitrogen and oxygen atoms in total. The summed E-state index contributed by atoms with van der Waals surface area (Å²) in [5.41, 5.74) is 4.27. The molecule has 0 bridgehead atoms. The van der Waals surface area contributed by atoms with E-state index in [1.165, 1.54) is 5.56 Å². The number of hydrogen-bond acceptors (Lipinski definition) is 3. The molecule has 0 aliphatic heterocycles. The van der Waals surface area contributed by atoms with E-state index in [1.807, 2.05) is 37.3 Å². The molecule has 0 radical (unpaired) electrons. The normalized spacial score (nSPS) is 10.8. The average molecular weight is 296 g/mol. The van der Waals surface area contributed by atoms with Crippen molar-refractivity contribution in [1.82, 2.24) is 0 Å². The van der Waals surface area contributed by atoms with Gasteiger partial charge in [-0.1, -0.05) is 29.8 Å². The van der Waals surface area contributed by atoms with Crippen LogP contribution in [-0.2, 0) is 6.61 Å². The molecule has 0 saturated carbocycles. The molecule has 3 rings (SSSR count). The highest BCUT2D eigenvalue weighted by molar-refractivity contribution is 7.71. The molecule has 21 heavy (non-hydrogen) atoms. The Labute approximate surface area is 129 Å². The summed E-state index contributed by atoms with van der Waals surface area (Å²) in [6, 6.07) is 16.0. The number of ether oxygens (including phenoxy) is 1. The van der Waals surface area contributed by atoms with Crippen molar-refractivity contribution < 1.29 is 9.15 Å². The van der Waals surface area contributed by atoms with Crippen molar-refractivity contribution in [2.75, 3.05) is 0 Å². The van der Waals surface area contributed by atoms with Crippen LogP contribution in [-0.4, -0.2) is 0 Å². The van der Waals surface area contributed by atoms with Crippen LogP contribution < -0.4 is 4.74 Å². The first-order valence-corrected chi connectivity index (χ1v) is 7.25. The number of fused-ring (bicyclic) bond motifs is 1. The predicted molar refractivity (Wildman–Crippen MR) is 87.3 cm³/mol. The highest BCUT2D eigenvalue weighted by Crippen LogP contribution is 2.24. The van der Waals surface area contributed by atoms with Crippen LogP contribution in [0.3, 0.4) is 0 Å². The van der Waals surface area contributed by atoms with Gasteiger partial charge in [0, 0.05) is 11.5 Å². The van der Waals surface area contributed by atoms with Crippen LogP contribution in [0.5, 0.6) is 5.75 Å². The van der Waals surface area contributed by atoms with Crippen molar-refractivity contribution in [3.8, 4) is 5.75 Å². The molecule has 1 heterocycles. The topological polar surface area (TPSA) is 22.4 Å². The number of aryl methyl sites for hydroxylation is 2. The van der Waals surface area contributed by atoms with E-state index in [4.69, 9.17) is 21.4 Å². The fraction of sp³-hybridized carbons (Fsp3) is 0.167. The molecule has 0 saturated heterocycles. The molecule has 0 aliphatic rings. The van der Waals surface area contributed by atoms with Gasteiger partial charge in [-0.2, -0.15) is 0 Å². The minimum Gasteiger partial charge on any atom is -0.489 e. The van der Waals surface area contributed by atoms with Crippen LogP contribution in [0.25, 0.3) is 11.0 Å². The van der Waals surface area contributed by atoms with Gasteiger partial charge in [0.2, 0.25) is 0 Å². The standard InChI is InChI=1S/C18H16O2S/c1-12-4-3-5-14(8-12)11-19-15-6-7-16-13(2)9-18(21)20-17(16)10-15/h3-10H,11H2,1-2H3. The largest absolute Gasteiger partial charge is 0.489 e. The zero-order valence-corrected chi connectivity index (χ0v) is 12.9. The maximum Gasteiger partial charge on any atom is 0.191 e. The highest BCUT2D eigenvalue weighted by atomic mass is 32.1. The Morgan fingerprint density at radius 2 is 1.90 bits per heavy atom. The monoisotopic (exact) mass is 296 g/mol. The smallest absolute Gasteiger partial charge is 0.191 e. The first-order chi connectivity index (χ1) is 10.1. The van der Waals surface area contributed by atoms with Gasteiger partial charge in [0.1, 0.15) is 17.9 Å². The van der Waals surface area contributed by atoms with Gasteiger partial charge in [-0.3, -0.25) is 0 Å². The highest BCUT2D eigenvalue weighted by Gasteiger charge is 2.03. The van der Waals surface area contributed by atoms with E-state index in [9.17, 15) is 0 Å². The van der Waals surface area contributed by atoms with E-state index < -0.39 is 0 Å². The van der Waals surface area contributed by atoms with Crippen molar-refractivity contribution in [1.29, 1.82) is 0 Å². The van der Waals surface area contributed by atoms with Crippen molar-refractivity contribution in [2.24, 2.45) is 0 Å². The van der Waals surface area contributed by atoms with Gasteiger partial charge in [-0.15, -0.1) is 0 Å². The summed E-state index contributed by atoms with van der Waals surface area (Å²) in [5, 5.41) is 1.06.